The molecule has 2 bridgehead atoms. The van der Waals surface area contributed by atoms with Gasteiger partial charge in [-0.2, -0.15) is 0 Å². The van der Waals surface area contributed by atoms with E-state index in [0.717, 1.165) is 121 Å². The van der Waals surface area contributed by atoms with Gasteiger partial charge in [-0.05, 0) is 114 Å². The first-order chi connectivity index (χ1) is 18.0. The minimum atomic E-state index is -1.01. The van der Waals surface area contributed by atoms with Crippen LogP contribution < -0.4 is 10.6 Å². The Balaban J connectivity index is 1.03. The van der Waals surface area contributed by atoms with E-state index in [2.05, 4.69) is 27.7 Å². The molecule has 5 aliphatic rings. The second-order valence-electron chi connectivity index (χ2n) is 11.8. The number of aliphatic carboxylic acids is 1. The molecule has 4 fully saturated rings. The van der Waals surface area contributed by atoms with Gasteiger partial charge in [-0.15, -0.1) is 0 Å². The lowest BCUT2D eigenvalue weighted by Crippen LogP contribution is -2.53. The van der Waals surface area contributed by atoms with Crippen molar-refractivity contribution < 1.29 is 19.4 Å². The van der Waals surface area contributed by atoms with Gasteiger partial charge >= 0.3 is 5.97 Å². The van der Waals surface area contributed by atoms with Gasteiger partial charge in [0.15, 0.2) is 6.04 Å². The number of amides is 1. The largest absolute Gasteiger partial charge is 0.480 e. The SMILES string of the molecule is O=C(O)[C@H](CO[C@@H]1CCCN(CCCCc2ccc3c(n2)NCCC3)C1)NC(=O)C12CCC(CC1)CC2. The first-order valence-electron chi connectivity index (χ1n) is 14.6. The van der Waals surface area contributed by atoms with Crippen LogP contribution >= 0.6 is 0 Å². The molecule has 3 N–H and O–H groups in total. The average Bonchev–Trinajstić information content (AvgIpc) is 2.94. The van der Waals surface area contributed by atoms with Crippen molar-refractivity contribution in [3.8, 4) is 0 Å². The Bertz CT molecular complexity index is 932. The van der Waals surface area contributed by atoms with Gasteiger partial charge in [0.2, 0.25) is 5.91 Å². The van der Waals surface area contributed by atoms with Crippen LogP contribution in [0.5, 0.6) is 0 Å². The van der Waals surface area contributed by atoms with E-state index < -0.39 is 12.0 Å². The minimum Gasteiger partial charge on any atom is -0.480 e. The van der Waals surface area contributed by atoms with E-state index in [9.17, 15) is 14.7 Å². The molecule has 2 aliphatic heterocycles. The van der Waals surface area contributed by atoms with Crippen LogP contribution in [0.3, 0.4) is 0 Å². The highest BCUT2D eigenvalue weighted by Gasteiger charge is 2.46. The Kier molecular flexibility index (Phi) is 8.65. The number of pyridine rings is 1. The third-order valence-corrected chi connectivity index (χ3v) is 9.25. The fraction of sp³-hybridized carbons (Fsp3) is 0.759. The number of aryl methyl sites for hydroxylation is 2. The van der Waals surface area contributed by atoms with Crippen molar-refractivity contribution in [2.24, 2.45) is 11.3 Å². The number of piperidine rings is 1. The summed E-state index contributed by atoms with van der Waals surface area (Å²) in [6, 6.07) is 3.42. The Morgan fingerprint density at radius 2 is 1.97 bits per heavy atom. The highest BCUT2D eigenvalue weighted by atomic mass is 16.5. The molecule has 1 amide bonds. The maximum atomic E-state index is 13.1. The van der Waals surface area contributed by atoms with Gasteiger partial charge in [0.1, 0.15) is 5.82 Å². The average molecular weight is 513 g/mol. The molecule has 3 saturated carbocycles. The number of anilines is 1. The maximum Gasteiger partial charge on any atom is 0.328 e. The van der Waals surface area contributed by atoms with Crippen LogP contribution in [0.25, 0.3) is 0 Å². The van der Waals surface area contributed by atoms with Crippen LogP contribution in [0.15, 0.2) is 12.1 Å². The van der Waals surface area contributed by atoms with Gasteiger partial charge in [0.25, 0.3) is 0 Å². The van der Waals surface area contributed by atoms with Gasteiger partial charge < -0.3 is 25.4 Å². The van der Waals surface area contributed by atoms with Crippen LogP contribution in [0.4, 0.5) is 5.82 Å². The van der Waals surface area contributed by atoms with Crippen molar-refractivity contribution in [2.75, 3.05) is 38.1 Å². The molecule has 3 aliphatic carbocycles. The molecule has 8 nitrogen and oxygen atoms in total. The Morgan fingerprint density at radius 3 is 2.76 bits per heavy atom. The van der Waals surface area contributed by atoms with Gasteiger partial charge in [-0.25, -0.2) is 9.78 Å². The standard InChI is InChI=1S/C29H44N4O4/c34-27(35)25(32-28(36)29-13-10-21(11-14-29)12-15-29)20-37-24-7-4-18-33(19-24)17-2-1-6-23-9-8-22-5-3-16-30-26(22)31-23/h8-9,21,24-25H,1-7,10-20H2,(H,30,31)(H,32,36)(H,34,35)/t21?,24-,25+,29?/m1/s1. The number of carboxylic acid groups (broad SMARTS) is 1. The normalized spacial score (nSPS) is 28.2. The summed E-state index contributed by atoms with van der Waals surface area (Å²) < 4.78 is 6.08. The molecule has 1 saturated heterocycles. The molecule has 0 aromatic carbocycles. The Hall–Kier alpha value is -2.19. The van der Waals surface area contributed by atoms with Crippen molar-refractivity contribution in [2.45, 2.75) is 95.6 Å². The summed E-state index contributed by atoms with van der Waals surface area (Å²) in [5.74, 6) is 0.755. The van der Waals surface area contributed by atoms with Crippen LogP contribution in [-0.4, -0.2) is 71.8 Å². The molecule has 37 heavy (non-hydrogen) atoms. The quantitative estimate of drug-likeness (QED) is 0.388. The zero-order valence-electron chi connectivity index (χ0n) is 22.2. The van der Waals surface area contributed by atoms with Crippen molar-refractivity contribution >= 4 is 17.7 Å². The summed E-state index contributed by atoms with van der Waals surface area (Å²) in [7, 11) is 0. The number of nitrogens with zero attached hydrogens (tertiary/aromatic N) is 2. The second-order valence-corrected chi connectivity index (χ2v) is 11.8. The molecule has 0 spiro atoms. The number of aromatic nitrogens is 1. The molecular weight excluding hydrogens is 468 g/mol. The zero-order valence-corrected chi connectivity index (χ0v) is 22.2. The molecule has 0 unspecified atom stereocenters. The van der Waals surface area contributed by atoms with Gasteiger partial charge in [-0.3, -0.25) is 4.79 Å². The van der Waals surface area contributed by atoms with Crippen LogP contribution in [-0.2, 0) is 27.2 Å². The molecule has 1 aromatic heterocycles. The molecular formula is C29H44N4O4. The summed E-state index contributed by atoms with van der Waals surface area (Å²) in [6.07, 6.45) is 13.5. The fourth-order valence-electron chi connectivity index (χ4n) is 6.81. The first-order valence-corrected chi connectivity index (χ1v) is 14.6. The molecule has 8 heteroatoms. The summed E-state index contributed by atoms with van der Waals surface area (Å²) in [6.45, 7) is 3.96. The number of unbranched alkanes of at least 4 members (excludes halogenated alkanes) is 1. The lowest BCUT2D eigenvalue weighted by Gasteiger charge is -2.45. The zero-order chi connectivity index (χ0) is 25.7. The van der Waals surface area contributed by atoms with Gasteiger partial charge in [0, 0.05) is 24.2 Å². The number of fused-ring (bicyclic) bond motifs is 4. The smallest absolute Gasteiger partial charge is 0.328 e. The van der Waals surface area contributed by atoms with E-state index in [1.807, 2.05) is 0 Å². The third kappa shape index (κ3) is 6.63. The molecule has 3 heterocycles. The number of ether oxygens (including phenoxy) is 1. The van der Waals surface area contributed by atoms with Crippen LogP contribution in [0.2, 0.25) is 0 Å². The predicted octanol–water partition coefficient (Wildman–Crippen LogP) is 3.78. The van der Waals surface area contributed by atoms with E-state index in [0.29, 0.717) is 0 Å². The van der Waals surface area contributed by atoms with Gasteiger partial charge in [0.05, 0.1) is 12.7 Å². The number of carbonyl (C=O) groups excluding carboxylic acids is 1. The summed E-state index contributed by atoms with van der Waals surface area (Å²) >= 11 is 0. The molecule has 1 aromatic rings. The number of hydrogen-bond donors (Lipinski definition) is 3. The van der Waals surface area contributed by atoms with Crippen molar-refractivity contribution in [3.05, 3.63) is 23.4 Å². The lowest BCUT2D eigenvalue weighted by molar-refractivity contribution is -0.149. The molecule has 0 radical (unpaired) electrons. The van der Waals surface area contributed by atoms with E-state index in [1.54, 1.807) is 0 Å². The van der Waals surface area contributed by atoms with E-state index in [1.165, 1.54) is 12.0 Å². The fourth-order valence-corrected chi connectivity index (χ4v) is 6.81. The first kappa shape index (κ1) is 26.4. The van der Waals surface area contributed by atoms with Crippen molar-refractivity contribution in [1.29, 1.82) is 0 Å². The van der Waals surface area contributed by atoms with Crippen LogP contribution in [0, 0.1) is 11.3 Å². The summed E-state index contributed by atoms with van der Waals surface area (Å²) in [4.78, 5) is 32.2. The van der Waals surface area contributed by atoms with Crippen molar-refractivity contribution in [1.82, 2.24) is 15.2 Å². The van der Waals surface area contributed by atoms with E-state index >= 15 is 0 Å². The van der Waals surface area contributed by atoms with E-state index in [-0.39, 0.29) is 24.0 Å². The third-order valence-electron chi connectivity index (χ3n) is 9.25. The number of carboxylic acids is 1. The number of rotatable bonds is 11. The number of carbonyl (C=O) groups is 2. The number of hydrogen-bond acceptors (Lipinski definition) is 6. The minimum absolute atomic E-state index is 0.0178. The second kappa shape index (κ2) is 12.1. The predicted molar refractivity (Wildman–Crippen MR) is 143 cm³/mol. The molecule has 204 valence electrons. The maximum absolute atomic E-state index is 13.1. The number of likely N-dealkylation sites (tertiary alicyclic amines) is 1. The summed E-state index contributed by atoms with van der Waals surface area (Å²) in [5.41, 5.74) is 2.14. The van der Waals surface area contributed by atoms with E-state index in [4.69, 9.17) is 9.72 Å². The van der Waals surface area contributed by atoms with Crippen LogP contribution in [0.1, 0.15) is 81.9 Å². The number of nitrogens with one attached hydrogen (secondary N) is 2. The van der Waals surface area contributed by atoms with Crippen molar-refractivity contribution in [3.63, 3.8) is 0 Å². The molecule has 6 rings (SSSR count). The highest BCUT2D eigenvalue weighted by molar-refractivity contribution is 5.87. The highest BCUT2D eigenvalue weighted by Crippen LogP contribution is 2.50. The van der Waals surface area contributed by atoms with Gasteiger partial charge in [-0.1, -0.05) is 6.07 Å². The Morgan fingerprint density at radius 1 is 1.16 bits per heavy atom. The lowest BCUT2D eigenvalue weighted by atomic mass is 9.60. The summed E-state index contributed by atoms with van der Waals surface area (Å²) in [5, 5.41) is 16.0. The molecule has 2 atom stereocenters. The monoisotopic (exact) mass is 512 g/mol. The topological polar surface area (TPSA) is 104 Å². The Labute approximate surface area is 220 Å².